The molecule has 11 heavy (non-hydrogen) atoms. The third kappa shape index (κ3) is 1.26. The molecule has 0 bridgehead atoms. The van der Waals surface area contributed by atoms with Crippen LogP contribution in [0.3, 0.4) is 0 Å². The van der Waals surface area contributed by atoms with Crippen LogP contribution in [0.15, 0.2) is 10.7 Å². The number of aryl methyl sites for hydroxylation is 1. The van der Waals surface area contributed by atoms with Gasteiger partial charge in [-0.25, -0.2) is 0 Å². The van der Waals surface area contributed by atoms with Gasteiger partial charge in [0.05, 0.1) is 12.3 Å². The van der Waals surface area contributed by atoms with Gasteiger partial charge in [-0.3, -0.25) is 0 Å². The molecule has 0 amide bonds. The molecule has 58 valence electrons. The van der Waals surface area contributed by atoms with Crippen molar-refractivity contribution >= 4 is 0 Å². The summed E-state index contributed by atoms with van der Waals surface area (Å²) in [5, 5.41) is 8.51. The molecular formula is C8H10N2O. The van der Waals surface area contributed by atoms with Crippen molar-refractivity contribution < 1.29 is 4.42 Å². The first-order valence-corrected chi connectivity index (χ1v) is 3.36. The van der Waals surface area contributed by atoms with E-state index >= 15 is 0 Å². The van der Waals surface area contributed by atoms with Crippen molar-refractivity contribution in [1.29, 1.82) is 5.26 Å². The Morgan fingerprint density at radius 2 is 2.27 bits per heavy atom. The molecule has 0 aromatic carbocycles. The van der Waals surface area contributed by atoms with E-state index in [-0.39, 0.29) is 0 Å². The lowest BCUT2D eigenvalue weighted by Gasteiger charge is -1.98. The molecule has 1 unspecified atom stereocenters. The average Bonchev–Trinajstić information content (AvgIpc) is 2.32. The lowest BCUT2D eigenvalue weighted by Crippen LogP contribution is -2.07. The van der Waals surface area contributed by atoms with Crippen molar-refractivity contribution in [2.75, 3.05) is 0 Å². The van der Waals surface area contributed by atoms with Crippen LogP contribution in [0.25, 0.3) is 0 Å². The molecule has 0 aliphatic rings. The summed E-state index contributed by atoms with van der Waals surface area (Å²) in [6.07, 6.45) is 1.54. The topological polar surface area (TPSA) is 62.9 Å². The first-order valence-electron chi connectivity index (χ1n) is 3.36. The quantitative estimate of drug-likeness (QED) is 0.658. The van der Waals surface area contributed by atoms with Gasteiger partial charge in [0.15, 0.2) is 0 Å². The normalized spacial score (nSPS) is 12.5. The molecule has 0 saturated heterocycles. The second kappa shape index (κ2) is 2.77. The third-order valence-electron chi connectivity index (χ3n) is 1.80. The molecule has 1 atom stereocenters. The number of hydrogen-bond acceptors (Lipinski definition) is 3. The Labute approximate surface area is 65.4 Å². The third-order valence-corrected chi connectivity index (χ3v) is 1.80. The Morgan fingerprint density at radius 1 is 1.64 bits per heavy atom. The summed E-state index contributed by atoms with van der Waals surface area (Å²) in [5.74, 6) is 0.825. The zero-order valence-corrected chi connectivity index (χ0v) is 6.59. The van der Waals surface area contributed by atoms with E-state index in [4.69, 9.17) is 15.4 Å². The van der Waals surface area contributed by atoms with E-state index in [1.807, 2.05) is 19.9 Å². The predicted molar refractivity (Wildman–Crippen MR) is 40.7 cm³/mol. The van der Waals surface area contributed by atoms with Gasteiger partial charge in [-0.2, -0.15) is 5.26 Å². The number of rotatable bonds is 1. The summed E-state index contributed by atoms with van der Waals surface area (Å²) in [6, 6.07) is 1.39. The molecule has 3 nitrogen and oxygen atoms in total. The smallest absolute Gasteiger partial charge is 0.122 e. The average molecular weight is 150 g/mol. The van der Waals surface area contributed by atoms with E-state index in [2.05, 4.69) is 0 Å². The van der Waals surface area contributed by atoms with Crippen molar-refractivity contribution in [3.8, 4) is 6.07 Å². The first-order chi connectivity index (χ1) is 5.16. The minimum atomic E-state index is -0.563. The maximum atomic E-state index is 8.51. The highest BCUT2D eigenvalue weighted by molar-refractivity contribution is 5.31. The van der Waals surface area contributed by atoms with Crippen LogP contribution in [0.1, 0.15) is 22.9 Å². The SMILES string of the molecule is Cc1occ(C(N)C#N)c1C. The highest BCUT2D eigenvalue weighted by Gasteiger charge is 2.11. The summed E-state index contributed by atoms with van der Waals surface area (Å²) in [7, 11) is 0. The van der Waals surface area contributed by atoms with Gasteiger partial charge >= 0.3 is 0 Å². The molecular weight excluding hydrogens is 140 g/mol. The fourth-order valence-electron chi connectivity index (χ4n) is 0.908. The Kier molecular flexibility index (Phi) is 1.97. The Balaban J connectivity index is 3.07. The molecule has 2 N–H and O–H groups in total. The summed E-state index contributed by atoms with van der Waals surface area (Å²) in [4.78, 5) is 0. The van der Waals surface area contributed by atoms with Crippen LogP contribution < -0.4 is 5.73 Å². The van der Waals surface area contributed by atoms with Gasteiger partial charge in [0.2, 0.25) is 0 Å². The molecule has 1 rings (SSSR count). The van der Waals surface area contributed by atoms with Gasteiger partial charge < -0.3 is 10.2 Å². The fourth-order valence-corrected chi connectivity index (χ4v) is 0.908. The standard InChI is InChI=1S/C8H10N2O/c1-5-6(2)11-4-7(5)8(10)3-9/h4,8H,10H2,1-2H3. The summed E-state index contributed by atoms with van der Waals surface area (Å²) >= 11 is 0. The minimum Gasteiger partial charge on any atom is -0.469 e. The number of furan rings is 1. The highest BCUT2D eigenvalue weighted by atomic mass is 16.3. The van der Waals surface area contributed by atoms with Crippen LogP contribution in [0, 0.1) is 25.2 Å². The van der Waals surface area contributed by atoms with Crippen LogP contribution in [0.5, 0.6) is 0 Å². The Bertz CT molecular complexity index is 296. The van der Waals surface area contributed by atoms with E-state index < -0.39 is 6.04 Å². The van der Waals surface area contributed by atoms with Gasteiger partial charge in [0, 0.05) is 5.56 Å². The monoisotopic (exact) mass is 150 g/mol. The number of nitrogens with two attached hydrogens (primary N) is 1. The fraction of sp³-hybridized carbons (Fsp3) is 0.375. The van der Waals surface area contributed by atoms with Crippen LogP contribution in [0.4, 0.5) is 0 Å². The summed E-state index contributed by atoms with van der Waals surface area (Å²) < 4.78 is 5.09. The molecule has 0 fully saturated rings. The van der Waals surface area contributed by atoms with Crippen LogP contribution >= 0.6 is 0 Å². The zero-order valence-electron chi connectivity index (χ0n) is 6.59. The van der Waals surface area contributed by atoms with Gasteiger partial charge in [-0.1, -0.05) is 0 Å². The second-order valence-corrected chi connectivity index (χ2v) is 2.48. The molecule has 1 aromatic rings. The lowest BCUT2D eigenvalue weighted by molar-refractivity contribution is 0.529. The lowest BCUT2D eigenvalue weighted by atomic mass is 10.1. The van der Waals surface area contributed by atoms with E-state index in [1.165, 1.54) is 0 Å². The molecule has 1 heterocycles. The molecule has 0 spiro atoms. The van der Waals surface area contributed by atoms with Crippen molar-refractivity contribution in [3.63, 3.8) is 0 Å². The van der Waals surface area contributed by atoms with Gasteiger partial charge in [0.25, 0.3) is 0 Å². The maximum absolute atomic E-state index is 8.51. The number of nitrogens with zero attached hydrogens (tertiary/aromatic N) is 1. The zero-order chi connectivity index (χ0) is 8.43. The van der Waals surface area contributed by atoms with E-state index in [9.17, 15) is 0 Å². The van der Waals surface area contributed by atoms with Gasteiger partial charge in [-0.05, 0) is 19.4 Å². The van der Waals surface area contributed by atoms with Crippen LogP contribution in [-0.4, -0.2) is 0 Å². The first kappa shape index (κ1) is 7.83. The summed E-state index contributed by atoms with van der Waals surface area (Å²) in [5.41, 5.74) is 7.24. The van der Waals surface area contributed by atoms with Crippen LogP contribution in [0.2, 0.25) is 0 Å². The van der Waals surface area contributed by atoms with Crippen molar-refractivity contribution in [2.24, 2.45) is 5.73 Å². The Morgan fingerprint density at radius 3 is 2.64 bits per heavy atom. The Hall–Kier alpha value is -1.27. The number of nitriles is 1. The summed E-state index contributed by atoms with van der Waals surface area (Å²) in [6.45, 7) is 3.74. The second-order valence-electron chi connectivity index (χ2n) is 2.48. The van der Waals surface area contributed by atoms with Crippen molar-refractivity contribution in [2.45, 2.75) is 19.9 Å². The van der Waals surface area contributed by atoms with Crippen molar-refractivity contribution in [3.05, 3.63) is 23.2 Å². The maximum Gasteiger partial charge on any atom is 0.122 e. The highest BCUT2D eigenvalue weighted by Crippen LogP contribution is 2.19. The molecule has 0 saturated carbocycles. The largest absolute Gasteiger partial charge is 0.469 e. The molecule has 0 aliphatic heterocycles. The van der Waals surface area contributed by atoms with Crippen LogP contribution in [-0.2, 0) is 0 Å². The van der Waals surface area contributed by atoms with Gasteiger partial charge in [-0.15, -0.1) is 0 Å². The molecule has 0 radical (unpaired) electrons. The van der Waals surface area contributed by atoms with E-state index in [0.29, 0.717) is 0 Å². The molecule has 3 heteroatoms. The predicted octanol–water partition coefficient (Wildman–Crippen LogP) is 1.42. The molecule has 0 aliphatic carbocycles. The van der Waals surface area contributed by atoms with Crippen molar-refractivity contribution in [1.82, 2.24) is 0 Å². The van der Waals surface area contributed by atoms with E-state index in [1.54, 1.807) is 6.26 Å². The van der Waals surface area contributed by atoms with E-state index in [0.717, 1.165) is 16.9 Å². The number of hydrogen-bond donors (Lipinski definition) is 1. The molecule has 1 aromatic heterocycles. The van der Waals surface area contributed by atoms with Gasteiger partial charge in [0.1, 0.15) is 11.8 Å². The minimum absolute atomic E-state index is 0.563.